The molecule has 5 nitrogen and oxygen atoms in total. The molecule has 0 spiro atoms. The van der Waals surface area contributed by atoms with Gasteiger partial charge < -0.3 is 5.32 Å². The predicted octanol–water partition coefficient (Wildman–Crippen LogP) is 2.81. The number of sulfone groups is 1. The standard InChI is InChI=1S/C15H18ClF3N2O3S/c1-2-21(11-5-6-25(23,24)9-11)8-14(22)20-13-7-10(15(17,18)19)3-4-12(13)16/h3-4,7,11H,2,5-6,8-9H2,1H3,(H,20,22). The lowest BCUT2D eigenvalue weighted by atomic mass is 10.2. The molecule has 1 N–H and O–H groups in total. The number of carbonyl (C=O) groups is 1. The Kier molecular flexibility index (Phi) is 6.01. The molecule has 0 aromatic heterocycles. The highest BCUT2D eigenvalue weighted by atomic mass is 35.5. The van der Waals surface area contributed by atoms with Crippen molar-refractivity contribution >= 4 is 33.0 Å². The molecule has 1 unspecified atom stereocenters. The molecule has 2 rings (SSSR count). The molecule has 0 saturated carbocycles. The number of hydrogen-bond donors (Lipinski definition) is 1. The van der Waals surface area contributed by atoms with Crippen LogP contribution in [0, 0.1) is 0 Å². The summed E-state index contributed by atoms with van der Waals surface area (Å²) in [4.78, 5) is 13.9. The summed E-state index contributed by atoms with van der Waals surface area (Å²) in [6.45, 7) is 2.11. The van der Waals surface area contributed by atoms with E-state index in [-0.39, 0.29) is 34.8 Å². The highest BCUT2D eigenvalue weighted by Gasteiger charge is 2.33. The second-order valence-electron chi connectivity index (χ2n) is 5.86. The predicted molar refractivity (Wildman–Crippen MR) is 89.4 cm³/mol. The molecule has 0 radical (unpaired) electrons. The van der Waals surface area contributed by atoms with Gasteiger partial charge in [-0.1, -0.05) is 18.5 Å². The third-order valence-electron chi connectivity index (χ3n) is 4.05. The zero-order chi connectivity index (χ0) is 18.8. The maximum atomic E-state index is 12.8. The number of likely N-dealkylation sites (N-methyl/N-ethyl adjacent to an activating group) is 1. The Morgan fingerprint density at radius 3 is 2.60 bits per heavy atom. The van der Waals surface area contributed by atoms with Crippen molar-refractivity contribution in [1.82, 2.24) is 4.90 Å². The van der Waals surface area contributed by atoms with Gasteiger partial charge in [-0.3, -0.25) is 9.69 Å². The minimum Gasteiger partial charge on any atom is -0.324 e. The first-order chi connectivity index (χ1) is 11.5. The molecule has 1 aromatic rings. The number of rotatable bonds is 5. The fourth-order valence-electron chi connectivity index (χ4n) is 2.73. The first kappa shape index (κ1) is 20.0. The van der Waals surface area contributed by atoms with Crippen molar-refractivity contribution in [2.24, 2.45) is 0 Å². The third kappa shape index (κ3) is 5.32. The maximum Gasteiger partial charge on any atom is 0.416 e. The molecule has 1 fully saturated rings. The molecule has 0 bridgehead atoms. The van der Waals surface area contributed by atoms with Gasteiger partial charge in [-0.25, -0.2) is 8.42 Å². The van der Waals surface area contributed by atoms with Crippen LogP contribution >= 0.6 is 11.6 Å². The van der Waals surface area contributed by atoms with Gasteiger partial charge in [0.25, 0.3) is 0 Å². The SMILES string of the molecule is CCN(CC(=O)Nc1cc(C(F)(F)F)ccc1Cl)C1CCS(=O)(=O)C1. The normalized spacial score (nSPS) is 20.0. The molecule has 1 amide bonds. The highest BCUT2D eigenvalue weighted by Crippen LogP contribution is 2.33. The van der Waals surface area contributed by atoms with Gasteiger partial charge in [-0.05, 0) is 31.2 Å². The van der Waals surface area contributed by atoms with E-state index in [4.69, 9.17) is 11.6 Å². The lowest BCUT2D eigenvalue weighted by Gasteiger charge is -2.25. The highest BCUT2D eigenvalue weighted by molar-refractivity contribution is 7.91. The smallest absolute Gasteiger partial charge is 0.324 e. The van der Waals surface area contributed by atoms with Crippen LogP contribution in [0.5, 0.6) is 0 Å². The molecule has 1 saturated heterocycles. The van der Waals surface area contributed by atoms with Crippen LogP contribution in [-0.4, -0.2) is 49.9 Å². The topological polar surface area (TPSA) is 66.5 Å². The van der Waals surface area contributed by atoms with Crippen LogP contribution in [0.4, 0.5) is 18.9 Å². The fraction of sp³-hybridized carbons (Fsp3) is 0.533. The van der Waals surface area contributed by atoms with Gasteiger partial charge in [-0.15, -0.1) is 0 Å². The monoisotopic (exact) mass is 398 g/mol. The number of alkyl halides is 3. The molecule has 1 aliphatic rings. The third-order valence-corrected chi connectivity index (χ3v) is 6.13. The summed E-state index contributed by atoms with van der Waals surface area (Å²) in [6, 6.07) is 2.41. The number of hydrogen-bond acceptors (Lipinski definition) is 4. The quantitative estimate of drug-likeness (QED) is 0.828. The zero-order valence-electron chi connectivity index (χ0n) is 13.4. The largest absolute Gasteiger partial charge is 0.416 e. The van der Waals surface area contributed by atoms with Crippen LogP contribution in [0.2, 0.25) is 5.02 Å². The number of nitrogens with zero attached hydrogens (tertiary/aromatic N) is 1. The molecular formula is C15H18ClF3N2O3S. The van der Waals surface area contributed by atoms with Gasteiger partial charge in [0.05, 0.1) is 34.3 Å². The van der Waals surface area contributed by atoms with Crippen LogP contribution in [0.15, 0.2) is 18.2 Å². The maximum absolute atomic E-state index is 12.8. The molecule has 1 aromatic carbocycles. The Hall–Kier alpha value is -1.32. The number of nitrogens with one attached hydrogen (secondary N) is 1. The van der Waals surface area contributed by atoms with E-state index in [9.17, 15) is 26.4 Å². The van der Waals surface area contributed by atoms with Crippen molar-refractivity contribution in [3.05, 3.63) is 28.8 Å². The minimum absolute atomic E-state index is 0.00663. The van der Waals surface area contributed by atoms with E-state index in [1.54, 1.807) is 11.8 Å². The summed E-state index contributed by atoms with van der Waals surface area (Å²) in [5.74, 6) is -0.486. The summed E-state index contributed by atoms with van der Waals surface area (Å²) in [5, 5.41) is 2.36. The lowest BCUT2D eigenvalue weighted by Crippen LogP contribution is -2.41. The number of anilines is 1. The fourth-order valence-corrected chi connectivity index (χ4v) is 4.66. The van der Waals surface area contributed by atoms with Crippen molar-refractivity contribution in [3.8, 4) is 0 Å². The number of carbonyl (C=O) groups excluding carboxylic acids is 1. The summed E-state index contributed by atoms with van der Waals surface area (Å²) in [6.07, 6.45) is -4.11. The summed E-state index contributed by atoms with van der Waals surface area (Å²) < 4.78 is 61.4. The van der Waals surface area contributed by atoms with Gasteiger partial charge >= 0.3 is 6.18 Å². The van der Waals surface area contributed by atoms with Crippen LogP contribution in [0.25, 0.3) is 0 Å². The molecule has 140 valence electrons. The van der Waals surface area contributed by atoms with Crippen LogP contribution in [-0.2, 0) is 20.8 Å². The van der Waals surface area contributed by atoms with Gasteiger partial charge in [0.15, 0.2) is 9.84 Å². The van der Waals surface area contributed by atoms with E-state index in [1.165, 1.54) is 0 Å². The number of halogens is 4. The van der Waals surface area contributed by atoms with Crippen LogP contribution < -0.4 is 5.32 Å². The Bertz CT molecular complexity index is 753. The summed E-state index contributed by atoms with van der Waals surface area (Å²) in [7, 11) is -3.09. The Labute approximate surface area is 149 Å². The second kappa shape index (κ2) is 7.51. The van der Waals surface area contributed by atoms with E-state index in [0.717, 1.165) is 18.2 Å². The molecule has 25 heavy (non-hydrogen) atoms. The van der Waals surface area contributed by atoms with Gasteiger partial charge in [0.2, 0.25) is 5.91 Å². The molecule has 1 aliphatic heterocycles. The molecular weight excluding hydrogens is 381 g/mol. The first-order valence-corrected chi connectivity index (χ1v) is 9.83. The average Bonchev–Trinajstić information content (AvgIpc) is 2.86. The Morgan fingerprint density at radius 2 is 2.08 bits per heavy atom. The van der Waals surface area contributed by atoms with Crippen molar-refractivity contribution in [1.29, 1.82) is 0 Å². The molecule has 0 aliphatic carbocycles. The van der Waals surface area contributed by atoms with E-state index < -0.39 is 27.5 Å². The molecule has 1 heterocycles. The van der Waals surface area contributed by atoms with Gasteiger partial charge in [0, 0.05) is 6.04 Å². The second-order valence-corrected chi connectivity index (χ2v) is 8.50. The molecule has 10 heteroatoms. The number of amides is 1. The van der Waals surface area contributed by atoms with E-state index in [0.29, 0.717) is 13.0 Å². The zero-order valence-corrected chi connectivity index (χ0v) is 15.0. The minimum atomic E-state index is -4.54. The van der Waals surface area contributed by atoms with Crippen molar-refractivity contribution in [2.45, 2.75) is 25.6 Å². The van der Waals surface area contributed by atoms with Crippen molar-refractivity contribution in [2.75, 3.05) is 29.9 Å². The van der Waals surface area contributed by atoms with Gasteiger partial charge in [-0.2, -0.15) is 13.2 Å². The number of benzene rings is 1. The first-order valence-electron chi connectivity index (χ1n) is 7.63. The van der Waals surface area contributed by atoms with E-state index in [2.05, 4.69) is 5.32 Å². The van der Waals surface area contributed by atoms with E-state index >= 15 is 0 Å². The lowest BCUT2D eigenvalue weighted by molar-refractivity contribution is -0.137. The average molecular weight is 399 g/mol. The Balaban J connectivity index is 2.06. The van der Waals surface area contributed by atoms with E-state index in [1.807, 2.05) is 0 Å². The summed E-state index contributed by atoms with van der Waals surface area (Å²) >= 11 is 5.85. The van der Waals surface area contributed by atoms with Crippen molar-refractivity contribution in [3.63, 3.8) is 0 Å². The van der Waals surface area contributed by atoms with Crippen LogP contribution in [0.3, 0.4) is 0 Å². The summed E-state index contributed by atoms with van der Waals surface area (Å²) in [5.41, 5.74) is -1.04. The molecule has 1 atom stereocenters. The van der Waals surface area contributed by atoms with Crippen LogP contribution in [0.1, 0.15) is 18.9 Å². The van der Waals surface area contributed by atoms with Gasteiger partial charge in [0.1, 0.15) is 0 Å². The van der Waals surface area contributed by atoms with Crippen molar-refractivity contribution < 1.29 is 26.4 Å². The Morgan fingerprint density at radius 1 is 1.40 bits per heavy atom.